The summed E-state index contributed by atoms with van der Waals surface area (Å²) in [4.78, 5) is 22.1. The van der Waals surface area contributed by atoms with E-state index in [1.54, 1.807) is 0 Å². The molecule has 0 saturated carbocycles. The normalized spacial score (nSPS) is 21.4. The van der Waals surface area contributed by atoms with Gasteiger partial charge in [0, 0.05) is 12.8 Å². The molecule has 0 bridgehead atoms. The molecule has 1 fully saturated rings. The van der Waals surface area contributed by atoms with Gasteiger partial charge in [-0.25, -0.2) is 0 Å². The van der Waals surface area contributed by atoms with Crippen LogP contribution < -0.4 is 0 Å². The lowest BCUT2D eigenvalue weighted by Gasteiger charge is -2.08. The first-order chi connectivity index (χ1) is 6.79. The predicted molar refractivity (Wildman–Crippen MR) is 49.6 cm³/mol. The van der Waals surface area contributed by atoms with E-state index in [2.05, 4.69) is 0 Å². The van der Waals surface area contributed by atoms with Crippen molar-refractivity contribution in [3.8, 4) is 0 Å². The minimum atomic E-state index is -0.193. The number of rotatable bonds is 0. The van der Waals surface area contributed by atoms with Gasteiger partial charge < -0.3 is 9.47 Å². The highest BCUT2D eigenvalue weighted by Gasteiger charge is 2.07. The maximum atomic E-state index is 11.0. The summed E-state index contributed by atoms with van der Waals surface area (Å²) in [6.07, 6.45) is 3.93. The smallest absolute Gasteiger partial charge is 0.305 e. The summed E-state index contributed by atoms with van der Waals surface area (Å²) in [5, 5.41) is 0. The summed E-state index contributed by atoms with van der Waals surface area (Å²) in [6, 6.07) is 0. The van der Waals surface area contributed by atoms with E-state index in [1.165, 1.54) is 0 Å². The van der Waals surface area contributed by atoms with E-state index in [-0.39, 0.29) is 11.9 Å². The molecule has 0 atom stereocenters. The Morgan fingerprint density at radius 1 is 0.714 bits per heavy atom. The molecule has 0 aromatic rings. The average molecular weight is 200 g/mol. The second-order valence-corrected chi connectivity index (χ2v) is 3.36. The monoisotopic (exact) mass is 200 g/mol. The zero-order valence-electron chi connectivity index (χ0n) is 8.29. The van der Waals surface area contributed by atoms with Gasteiger partial charge in [0.1, 0.15) is 0 Å². The highest BCUT2D eigenvalue weighted by molar-refractivity contribution is 5.70. The zero-order chi connectivity index (χ0) is 10.2. The Kier molecular flexibility index (Phi) is 5.04. The lowest BCUT2D eigenvalue weighted by molar-refractivity contribution is -0.148. The SMILES string of the molecule is O=C1CCCCCOC(=O)CCCO1. The van der Waals surface area contributed by atoms with E-state index in [9.17, 15) is 9.59 Å². The molecular weight excluding hydrogens is 184 g/mol. The Balaban J connectivity index is 2.27. The van der Waals surface area contributed by atoms with Gasteiger partial charge in [-0.3, -0.25) is 9.59 Å². The standard InChI is InChI=1S/C10H16O4/c11-9-5-2-1-3-7-13-10(12)6-4-8-14-9/h1-8H2. The van der Waals surface area contributed by atoms with Gasteiger partial charge in [-0.15, -0.1) is 0 Å². The van der Waals surface area contributed by atoms with Crippen LogP contribution in [0, 0.1) is 0 Å². The van der Waals surface area contributed by atoms with E-state index in [0.717, 1.165) is 19.3 Å². The maximum absolute atomic E-state index is 11.0. The van der Waals surface area contributed by atoms with Gasteiger partial charge in [0.05, 0.1) is 13.2 Å². The molecule has 0 unspecified atom stereocenters. The number of ether oxygens (including phenoxy) is 2. The molecule has 0 amide bonds. The fraction of sp³-hybridized carbons (Fsp3) is 0.800. The van der Waals surface area contributed by atoms with Gasteiger partial charge in [0.15, 0.2) is 0 Å². The van der Waals surface area contributed by atoms with Gasteiger partial charge in [-0.1, -0.05) is 0 Å². The second-order valence-electron chi connectivity index (χ2n) is 3.36. The third-order valence-corrected chi connectivity index (χ3v) is 2.08. The van der Waals surface area contributed by atoms with Crippen molar-refractivity contribution in [1.82, 2.24) is 0 Å². The Hall–Kier alpha value is -1.06. The molecule has 80 valence electrons. The van der Waals surface area contributed by atoms with Crippen LogP contribution in [0.4, 0.5) is 0 Å². The first-order valence-electron chi connectivity index (χ1n) is 5.10. The fourth-order valence-electron chi connectivity index (χ4n) is 1.28. The number of carbonyl (C=O) groups is 2. The van der Waals surface area contributed by atoms with E-state index in [0.29, 0.717) is 32.5 Å². The highest BCUT2D eigenvalue weighted by Crippen LogP contribution is 2.05. The van der Waals surface area contributed by atoms with E-state index in [1.807, 2.05) is 0 Å². The second kappa shape index (κ2) is 6.40. The molecule has 1 aliphatic heterocycles. The summed E-state index contributed by atoms with van der Waals surface area (Å²) in [5.74, 6) is -0.347. The average Bonchev–Trinajstić information content (AvgIpc) is 2.16. The Morgan fingerprint density at radius 2 is 1.29 bits per heavy atom. The summed E-state index contributed by atoms with van der Waals surface area (Å²) in [7, 11) is 0. The highest BCUT2D eigenvalue weighted by atomic mass is 16.5. The first kappa shape index (κ1) is 11.0. The Bertz CT molecular complexity index is 178. The molecule has 0 aromatic heterocycles. The molecule has 1 heterocycles. The van der Waals surface area contributed by atoms with Crippen molar-refractivity contribution < 1.29 is 19.1 Å². The Labute approximate surface area is 83.6 Å². The van der Waals surface area contributed by atoms with Crippen molar-refractivity contribution in [2.24, 2.45) is 0 Å². The first-order valence-corrected chi connectivity index (χ1v) is 5.10. The number of carbonyl (C=O) groups excluding carboxylic acids is 2. The minimum Gasteiger partial charge on any atom is -0.466 e. The number of hydrogen-bond acceptors (Lipinski definition) is 4. The van der Waals surface area contributed by atoms with Crippen molar-refractivity contribution in [3.05, 3.63) is 0 Å². The van der Waals surface area contributed by atoms with Gasteiger partial charge >= 0.3 is 11.9 Å². The van der Waals surface area contributed by atoms with Crippen LogP contribution in [0.25, 0.3) is 0 Å². The van der Waals surface area contributed by atoms with E-state index >= 15 is 0 Å². The molecule has 4 nitrogen and oxygen atoms in total. The van der Waals surface area contributed by atoms with Gasteiger partial charge in [-0.05, 0) is 25.7 Å². The summed E-state index contributed by atoms with van der Waals surface area (Å²) >= 11 is 0. The summed E-state index contributed by atoms with van der Waals surface area (Å²) in [6.45, 7) is 0.807. The van der Waals surface area contributed by atoms with Gasteiger partial charge in [0.2, 0.25) is 0 Å². The topological polar surface area (TPSA) is 52.6 Å². The summed E-state index contributed by atoms with van der Waals surface area (Å²) in [5.41, 5.74) is 0. The third-order valence-electron chi connectivity index (χ3n) is 2.08. The van der Waals surface area contributed by atoms with Crippen LogP contribution in [0.3, 0.4) is 0 Å². The molecule has 4 heteroatoms. The van der Waals surface area contributed by atoms with Crippen LogP contribution in [0.2, 0.25) is 0 Å². The van der Waals surface area contributed by atoms with Crippen molar-refractivity contribution in [2.45, 2.75) is 38.5 Å². The fourth-order valence-corrected chi connectivity index (χ4v) is 1.28. The quantitative estimate of drug-likeness (QED) is 0.555. The number of esters is 2. The van der Waals surface area contributed by atoms with Crippen LogP contribution in [-0.4, -0.2) is 25.2 Å². The molecule has 14 heavy (non-hydrogen) atoms. The molecule has 1 rings (SSSR count). The van der Waals surface area contributed by atoms with Crippen LogP contribution in [0.5, 0.6) is 0 Å². The molecule has 0 N–H and O–H groups in total. The molecular formula is C10H16O4. The molecule has 0 aromatic carbocycles. The predicted octanol–water partition coefficient (Wildman–Crippen LogP) is 1.43. The molecule has 0 radical (unpaired) electrons. The molecule has 1 saturated heterocycles. The van der Waals surface area contributed by atoms with Crippen molar-refractivity contribution in [3.63, 3.8) is 0 Å². The minimum absolute atomic E-state index is 0.154. The number of hydrogen-bond donors (Lipinski definition) is 0. The van der Waals surface area contributed by atoms with E-state index in [4.69, 9.17) is 9.47 Å². The van der Waals surface area contributed by atoms with Crippen molar-refractivity contribution in [1.29, 1.82) is 0 Å². The Morgan fingerprint density at radius 3 is 2.00 bits per heavy atom. The lowest BCUT2D eigenvalue weighted by Crippen LogP contribution is -2.11. The molecule has 0 aliphatic carbocycles. The molecule has 0 spiro atoms. The molecule has 1 aliphatic rings. The van der Waals surface area contributed by atoms with Gasteiger partial charge in [-0.2, -0.15) is 0 Å². The van der Waals surface area contributed by atoms with Crippen molar-refractivity contribution in [2.75, 3.05) is 13.2 Å². The maximum Gasteiger partial charge on any atom is 0.305 e. The third kappa shape index (κ3) is 4.84. The van der Waals surface area contributed by atoms with Gasteiger partial charge in [0.25, 0.3) is 0 Å². The summed E-state index contributed by atoms with van der Waals surface area (Å²) < 4.78 is 9.88. The van der Waals surface area contributed by atoms with Crippen LogP contribution in [0.15, 0.2) is 0 Å². The largest absolute Gasteiger partial charge is 0.466 e. The van der Waals surface area contributed by atoms with E-state index < -0.39 is 0 Å². The van der Waals surface area contributed by atoms with Crippen molar-refractivity contribution >= 4 is 11.9 Å². The zero-order valence-corrected chi connectivity index (χ0v) is 8.29. The van der Waals surface area contributed by atoms with Crippen LogP contribution in [0.1, 0.15) is 38.5 Å². The van der Waals surface area contributed by atoms with Crippen LogP contribution >= 0.6 is 0 Å². The van der Waals surface area contributed by atoms with Crippen LogP contribution in [-0.2, 0) is 19.1 Å². The number of cyclic esters (lactones) is 2. The lowest BCUT2D eigenvalue weighted by atomic mass is 10.2.